The van der Waals surface area contributed by atoms with Crippen molar-refractivity contribution in [2.75, 3.05) is 0 Å². The van der Waals surface area contributed by atoms with Gasteiger partial charge in [-0.1, -0.05) is 23.7 Å². The first-order valence-corrected chi connectivity index (χ1v) is 3.90. The largest absolute Gasteiger partial charge is 0.368 e. The van der Waals surface area contributed by atoms with Gasteiger partial charge < -0.3 is 11.5 Å². The van der Waals surface area contributed by atoms with Gasteiger partial charge in [-0.3, -0.25) is 4.79 Å². The zero-order valence-corrected chi connectivity index (χ0v) is 7.38. The molecule has 1 unspecified atom stereocenters. The number of benzene rings is 1. The Morgan fingerprint density at radius 2 is 2.15 bits per heavy atom. The Morgan fingerprint density at radius 3 is 2.69 bits per heavy atom. The van der Waals surface area contributed by atoms with Gasteiger partial charge in [-0.15, -0.1) is 0 Å². The first-order chi connectivity index (χ1) is 6.04. The lowest BCUT2D eigenvalue weighted by molar-refractivity contribution is -0.119. The van der Waals surface area contributed by atoms with Crippen LogP contribution < -0.4 is 11.5 Å². The van der Waals surface area contributed by atoms with Crippen LogP contribution >= 0.6 is 11.6 Å². The number of halogens is 2. The normalized spacial score (nSPS) is 12.5. The number of amides is 1. The second kappa shape index (κ2) is 3.72. The third kappa shape index (κ3) is 1.96. The third-order valence-corrected chi connectivity index (χ3v) is 1.91. The molecule has 4 N–H and O–H groups in total. The first kappa shape index (κ1) is 9.95. The molecule has 0 aromatic heterocycles. The summed E-state index contributed by atoms with van der Waals surface area (Å²) in [5.74, 6) is -1.49. The van der Waals surface area contributed by atoms with Crippen LogP contribution in [0.4, 0.5) is 4.39 Å². The Labute approximate surface area is 79.5 Å². The molecule has 0 bridgehead atoms. The first-order valence-electron chi connectivity index (χ1n) is 3.53. The summed E-state index contributed by atoms with van der Waals surface area (Å²) in [4.78, 5) is 10.7. The van der Waals surface area contributed by atoms with Crippen LogP contribution in [0.25, 0.3) is 0 Å². The molecular weight excluding hydrogens is 195 g/mol. The average Bonchev–Trinajstić information content (AvgIpc) is 2.08. The molecule has 5 heteroatoms. The fourth-order valence-electron chi connectivity index (χ4n) is 0.914. The van der Waals surface area contributed by atoms with E-state index in [-0.39, 0.29) is 10.6 Å². The number of carbonyl (C=O) groups excluding carboxylic acids is 1. The topological polar surface area (TPSA) is 69.1 Å². The van der Waals surface area contributed by atoms with Crippen LogP contribution in [0.2, 0.25) is 5.02 Å². The van der Waals surface area contributed by atoms with Gasteiger partial charge in [-0.2, -0.15) is 0 Å². The van der Waals surface area contributed by atoms with E-state index in [1.807, 2.05) is 0 Å². The molecule has 0 saturated heterocycles. The van der Waals surface area contributed by atoms with Gasteiger partial charge in [0.25, 0.3) is 0 Å². The third-order valence-electron chi connectivity index (χ3n) is 1.62. The maximum absolute atomic E-state index is 13.2. The van der Waals surface area contributed by atoms with Crippen molar-refractivity contribution in [1.82, 2.24) is 0 Å². The van der Waals surface area contributed by atoms with Crippen LogP contribution in [-0.2, 0) is 4.79 Å². The van der Waals surface area contributed by atoms with Gasteiger partial charge >= 0.3 is 0 Å². The SMILES string of the molecule is NC(=O)C(N)c1cccc(Cl)c1F. The Morgan fingerprint density at radius 1 is 1.54 bits per heavy atom. The fraction of sp³-hybridized carbons (Fsp3) is 0.125. The predicted molar refractivity (Wildman–Crippen MR) is 47.5 cm³/mol. The van der Waals surface area contributed by atoms with Crippen molar-refractivity contribution in [2.24, 2.45) is 11.5 Å². The molecule has 0 radical (unpaired) electrons. The lowest BCUT2D eigenvalue weighted by Gasteiger charge is -2.09. The Kier molecular flexibility index (Phi) is 2.85. The Hall–Kier alpha value is -1.13. The fourth-order valence-corrected chi connectivity index (χ4v) is 1.10. The maximum atomic E-state index is 13.2. The lowest BCUT2D eigenvalue weighted by atomic mass is 10.1. The van der Waals surface area contributed by atoms with Crippen LogP contribution in [0, 0.1) is 5.82 Å². The van der Waals surface area contributed by atoms with Gasteiger partial charge in [-0.25, -0.2) is 4.39 Å². The highest BCUT2D eigenvalue weighted by molar-refractivity contribution is 6.30. The minimum atomic E-state index is -1.15. The van der Waals surface area contributed by atoms with Crippen molar-refractivity contribution < 1.29 is 9.18 Å². The Balaban J connectivity index is 3.15. The van der Waals surface area contributed by atoms with E-state index >= 15 is 0 Å². The van der Waals surface area contributed by atoms with Gasteiger partial charge in [0.2, 0.25) is 5.91 Å². The quantitative estimate of drug-likeness (QED) is 0.750. The number of rotatable bonds is 2. The molecule has 1 aromatic carbocycles. The zero-order chi connectivity index (χ0) is 10.0. The monoisotopic (exact) mass is 202 g/mol. The second-order valence-corrected chi connectivity index (χ2v) is 2.93. The number of primary amides is 1. The summed E-state index contributed by atoms with van der Waals surface area (Å²) >= 11 is 5.48. The molecule has 0 aliphatic heterocycles. The molecule has 1 atom stereocenters. The van der Waals surface area contributed by atoms with Crippen molar-refractivity contribution in [2.45, 2.75) is 6.04 Å². The molecule has 0 fully saturated rings. The number of nitrogens with two attached hydrogens (primary N) is 2. The minimum absolute atomic E-state index is 0.0139. The van der Waals surface area contributed by atoms with Gasteiger partial charge in [0.05, 0.1) is 5.02 Å². The minimum Gasteiger partial charge on any atom is -0.368 e. The summed E-state index contributed by atoms with van der Waals surface area (Å²) in [7, 11) is 0. The number of hydrogen-bond acceptors (Lipinski definition) is 2. The number of hydrogen-bond donors (Lipinski definition) is 2. The summed E-state index contributed by atoms with van der Waals surface area (Å²) < 4.78 is 13.2. The summed E-state index contributed by atoms with van der Waals surface area (Å²) in [5, 5.41) is -0.0748. The summed E-state index contributed by atoms with van der Waals surface area (Å²) in [6.07, 6.45) is 0. The maximum Gasteiger partial charge on any atom is 0.239 e. The standard InChI is InChI=1S/C8H8ClFN2O/c9-5-3-1-2-4(6(5)10)7(11)8(12)13/h1-3,7H,11H2,(H2,12,13). The van der Waals surface area contributed by atoms with Crippen LogP contribution in [0.5, 0.6) is 0 Å². The lowest BCUT2D eigenvalue weighted by Crippen LogP contribution is -2.29. The van der Waals surface area contributed by atoms with E-state index in [0.29, 0.717) is 0 Å². The predicted octanol–water partition coefficient (Wildman–Crippen LogP) is 0.964. The van der Waals surface area contributed by atoms with Gasteiger partial charge in [0.15, 0.2) is 0 Å². The van der Waals surface area contributed by atoms with E-state index in [1.165, 1.54) is 18.2 Å². The highest BCUT2D eigenvalue weighted by Gasteiger charge is 2.17. The summed E-state index contributed by atoms with van der Waals surface area (Å²) in [6.45, 7) is 0. The molecule has 1 amide bonds. The molecule has 70 valence electrons. The molecule has 0 saturated carbocycles. The van der Waals surface area contributed by atoms with Crippen LogP contribution in [0.15, 0.2) is 18.2 Å². The van der Waals surface area contributed by atoms with E-state index < -0.39 is 17.8 Å². The molecule has 0 heterocycles. The second-order valence-electron chi connectivity index (χ2n) is 2.52. The smallest absolute Gasteiger partial charge is 0.239 e. The van der Waals surface area contributed by atoms with Crippen LogP contribution in [0.1, 0.15) is 11.6 Å². The molecule has 1 rings (SSSR count). The number of carbonyl (C=O) groups is 1. The van der Waals surface area contributed by atoms with E-state index in [0.717, 1.165) is 0 Å². The van der Waals surface area contributed by atoms with E-state index in [4.69, 9.17) is 23.1 Å². The van der Waals surface area contributed by atoms with E-state index in [9.17, 15) is 9.18 Å². The molecule has 0 aliphatic carbocycles. The highest BCUT2D eigenvalue weighted by atomic mass is 35.5. The van der Waals surface area contributed by atoms with Crippen molar-refractivity contribution >= 4 is 17.5 Å². The molecule has 0 aliphatic rings. The molecule has 13 heavy (non-hydrogen) atoms. The van der Waals surface area contributed by atoms with Gasteiger partial charge in [-0.05, 0) is 6.07 Å². The molecule has 1 aromatic rings. The van der Waals surface area contributed by atoms with Crippen LogP contribution in [-0.4, -0.2) is 5.91 Å². The molecule has 3 nitrogen and oxygen atoms in total. The zero-order valence-electron chi connectivity index (χ0n) is 6.63. The summed E-state index contributed by atoms with van der Waals surface area (Å²) in [6, 6.07) is 3.09. The van der Waals surface area contributed by atoms with Crippen molar-refractivity contribution in [3.8, 4) is 0 Å². The Bertz CT molecular complexity index is 343. The summed E-state index contributed by atoms with van der Waals surface area (Å²) in [5.41, 5.74) is 10.3. The van der Waals surface area contributed by atoms with Crippen molar-refractivity contribution in [3.63, 3.8) is 0 Å². The van der Waals surface area contributed by atoms with Crippen molar-refractivity contribution in [3.05, 3.63) is 34.6 Å². The molecular formula is C8H8ClFN2O. The highest BCUT2D eigenvalue weighted by Crippen LogP contribution is 2.21. The van der Waals surface area contributed by atoms with E-state index in [2.05, 4.69) is 0 Å². The van der Waals surface area contributed by atoms with Gasteiger partial charge in [0.1, 0.15) is 11.9 Å². The van der Waals surface area contributed by atoms with E-state index in [1.54, 1.807) is 0 Å². The average molecular weight is 203 g/mol. The van der Waals surface area contributed by atoms with Gasteiger partial charge in [0, 0.05) is 5.56 Å². The van der Waals surface area contributed by atoms with Crippen molar-refractivity contribution in [1.29, 1.82) is 0 Å². The molecule has 0 spiro atoms. The van der Waals surface area contributed by atoms with Crippen LogP contribution in [0.3, 0.4) is 0 Å².